The van der Waals surface area contributed by atoms with Crippen molar-refractivity contribution >= 4 is 12.4 Å². The van der Waals surface area contributed by atoms with Crippen LogP contribution in [0.4, 0.5) is 0 Å². The van der Waals surface area contributed by atoms with Gasteiger partial charge >= 0.3 is 0 Å². The topological polar surface area (TPSA) is 26.0 Å². The van der Waals surface area contributed by atoms with Gasteiger partial charge in [-0.1, -0.05) is 147 Å². The quantitative estimate of drug-likeness (QED) is 0.234. The average molecular weight is 424 g/mol. The molecule has 1 atom stereocenters. The van der Waals surface area contributed by atoms with E-state index in [9.17, 15) is 0 Å². The summed E-state index contributed by atoms with van der Waals surface area (Å²) >= 11 is 0. The first-order valence-corrected chi connectivity index (χ1v) is 12.4. The maximum absolute atomic E-state index is 6.53. The van der Waals surface area contributed by atoms with E-state index in [4.69, 9.17) is 5.73 Å². The molecule has 0 saturated heterocycles. The summed E-state index contributed by atoms with van der Waals surface area (Å²) in [4.78, 5) is 0. The molecule has 1 nitrogen and oxygen atoms in total. The Morgan fingerprint density at radius 1 is 0.655 bits per heavy atom. The van der Waals surface area contributed by atoms with Gasteiger partial charge in [-0.2, -0.15) is 0 Å². The van der Waals surface area contributed by atoms with Crippen LogP contribution in [-0.2, 0) is 0 Å². The Morgan fingerprint density at radius 3 is 1.45 bits per heavy atom. The first kappa shape index (κ1) is 28.5. The van der Waals surface area contributed by atoms with Crippen LogP contribution in [0.3, 0.4) is 0 Å². The summed E-state index contributed by atoms with van der Waals surface area (Å²) < 4.78 is 0. The van der Waals surface area contributed by atoms with Gasteiger partial charge < -0.3 is 5.73 Å². The summed E-state index contributed by atoms with van der Waals surface area (Å²) in [5, 5.41) is 0. The van der Waals surface area contributed by atoms with Crippen LogP contribution < -0.4 is 5.73 Å². The molecule has 0 fully saturated rings. The molecule has 0 heterocycles. The van der Waals surface area contributed by atoms with Gasteiger partial charge in [0.05, 0.1) is 0 Å². The van der Waals surface area contributed by atoms with Gasteiger partial charge in [-0.3, -0.25) is 0 Å². The van der Waals surface area contributed by atoms with E-state index in [1.165, 1.54) is 108 Å². The van der Waals surface area contributed by atoms with E-state index in [0.717, 1.165) is 0 Å². The predicted octanol–water partition coefficient (Wildman–Crippen LogP) is 9.40. The lowest BCUT2D eigenvalue weighted by atomic mass is 9.77. The van der Waals surface area contributed by atoms with Crippen molar-refractivity contribution in [1.82, 2.24) is 0 Å². The third-order valence-corrected chi connectivity index (χ3v) is 6.43. The molecular formula is C27H50ClN. The largest absolute Gasteiger partial charge is 0.324 e. The average Bonchev–Trinajstić information content (AvgIpc) is 2.71. The number of hydrogen-bond donors (Lipinski definition) is 1. The highest BCUT2D eigenvalue weighted by Crippen LogP contribution is 2.36. The molecule has 170 valence electrons. The van der Waals surface area contributed by atoms with Crippen molar-refractivity contribution in [2.24, 2.45) is 11.1 Å². The molecule has 0 saturated carbocycles. The number of hydrogen-bond acceptors (Lipinski definition) is 1. The lowest BCUT2D eigenvalue weighted by Crippen LogP contribution is -2.29. The van der Waals surface area contributed by atoms with E-state index in [1.54, 1.807) is 0 Å². The zero-order valence-corrected chi connectivity index (χ0v) is 20.6. The zero-order valence-electron chi connectivity index (χ0n) is 19.8. The normalized spacial score (nSPS) is 12.6. The number of nitrogens with two attached hydrogens (primary N) is 1. The van der Waals surface area contributed by atoms with Crippen molar-refractivity contribution in [2.45, 2.75) is 130 Å². The van der Waals surface area contributed by atoms with Crippen LogP contribution in [0.25, 0.3) is 0 Å². The number of unbranched alkanes of at least 4 members (excludes halogenated alkanes) is 14. The minimum absolute atomic E-state index is 0. The van der Waals surface area contributed by atoms with Gasteiger partial charge in [0, 0.05) is 6.04 Å². The Bertz CT molecular complexity index is 457. The summed E-state index contributed by atoms with van der Waals surface area (Å²) in [6, 6.07) is 10.7. The SMILES string of the molecule is CCCCCCCCCCCCCCCCCC(C)(C)C(N)c1ccccc1.Cl. The maximum Gasteiger partial charge on any atom is 0.0346 e. The summed E-state index contributed by atoms with van der Waals surface area (Å²) in [5.74, 6) is 0. The van der Waals surface area contributed by atoms with E-state index in [1.807, 2.05) is 0 Å². The fourth-order valence-electron chi connectivity index (χ4n) is 4.22. The molecule has 1 aromatic carbocycles. The fraction of sp³-hybridized carbons (Fsp3) is 0.778. The molecule has 29 heavy (non-hydrogen) atoms. The second kappa shape index (κ2) is 18.3. The molecule has 0 bridgehead atoms. The van der Waals surface area contributed by atoms with Gasteiger partial charge in [-0.05, 0) is 17.4 Å². The Morgan fingerprint density at radius 2 is 1.03 bits per heavy atom. The van der Waals surface area contributed by atoms with Crippen LogP contribution >= 0.6 is 12.4 Å². The van der Waals surface area contributed by atoms with E-state index in [-0.39, 0.29) is 23.9 Å². The Balaban J connectivity index is 0.00000784. The third-order valence-electron chi connectivity index (χ3n) is 6.43. The van der Waals surface area contributed by atoms with Crippen LogP contribution in [0.5, 0.6) is 0 Å². The standard InChI is InChI=1S/C27H49N.ClH/c1-4-5-6-7-8-9-10-11-12-13-14-15-16-17-21-24-27(2,3)26(28)25-22-19-18-20-23-25;/h18-20,22-23,26H,4-17,21,24,28H2,1-3H3;1H. The highest BCUT2D eigenvalue weighted by molar-refractivity contribution is 5.85. The van der Waals surface area contributed by atoms with E-state index >= 15 is 0 Å². The maximum atomic E-state index is 6.53. The summed E-state index contributed by atoms with van der Waals surface area (Å²) in [6.45, 7) is 6.95. The van der Waals surface area contributed by atoms with Crippen molar-refractivity contribution < 1.29 is 0 Å². The van der Waals surface area contributed by atoms with Crippen molar-refractivity contribution in [3.8, 4) is 0 Å². The van der Waals surface area contributed by atoms with Crippen molar-refractivity contribution in [1.29, 1.82) is 0 Å². The number of benzene rings is 1. The lowest BCUT2D eigenvalue weighted by molar-refractivity contribution is 0.255. The Hall–Kier alpha value is -0.530. The van der Waals surface area contributed by atoms with Crippen molar-refractivity contribution in [3.05, 3.63) is 35.9 Å². The van der Waals surface area contributed by atoms with Gasteiger partial charge in [-0.25, -0.2) is 0 Å². The van der Waals surface area contributed by atoms with E-state index in [0.29, 0.717) is 0 Å². The van der Waals surface area contributed by atoms with Crippen molar-refractivity contribution in [3.63, 3.8) is 0 Å². The molecule has 0 aliphatic heterocycles. The predicted molar refractivity (Wildman–Crippen MR) is 134 cm³/mol. The number of halogens is 1. The number of rotatable bonds is 18. The van der Waals surface area contributed by atoms with E-state index in [2.05, 4.69) is 51.1 Å². The third kappa shape index (κ3) is 14.2. The smallest absolute Gasteiger partial charge is 0.0346 e. The highest BCUT2D eigenvalue weighted by atomic mass is 35.5. The van der Waals surface area contributed by atoms with Crippen LogP contribution in [-0.4, -0.2) is 0 Å². The second-order valence-electron chi connectivity index (χ2n) is 9.58. The molecule has 0 amide bonds. The molecule has 0 spiro atoms. The van der Waals surface area contributed by atoms with Crippen molar-refractivity contribution in [2.75, 3.05) is 0 Å². The first-order valence-electron chi connectivity index (χ1n) is 12.4. The van der Waals surface area contributed by atoms with Gasteiger partial charge in [0.2, 0.25) is 0 Å². The zero-order chi connectivity index (χ0) is 20.5. The molecule has 1 rings (SSSR count). The molecule has 0 aliphatic rings. The molecule has 1 unspecified atom stereocenters. The molecule has 0 radical (unpaired) electrons. The molecule has 0 aromatic heterocycles. The summed E-state index contributed by atoms with van der Waals surface area (Å²) in [5.41, 5.74) is 7.98. The monoisotopic (exact) mass is 423 g/mol. The van der Waals surface area contributed by atoms with Gasteiger partial charge in [-0.15, -0.1) is 12.4 Å². The Kier molecular flexibility index (Phi) is 17.9. The second-order valence-corrected chi connectivity index (χ2v) is 9.58. The first-order chi connectivity index (χ1) is 13.6. The lowest BCUT2D eigenvalue weighted by Gasteiger charge is -2.32. The van der Waals surface area contributed by atoms with Crippen LogP contribution in [0.2, 0.25) is 0 Å². The van der Waals surface area contributed by atoms with Gasteiger partial charge in [0.15, 0.2) is 0 Å². The minimum Gasteiger partial charge on any atom is -0.324 e. The fourth-order valence-corrected chi connectivity index (χ4v) is 4.22. The molecule has 0 aliphatic carbocycles. The van der Waals surface area contributed by atoms with E-state index < -0.39 is 0 Å². The van der Waals surface area contributed by atoms with Crippen LogP contribution in [0, 0.1) is 5.41 Å². The highest BCUT2D eigenvalue weighted by Gasteiger charge is 2.26. The Labute approximate surface area is 189 Å². The summed E-state index contributed by atoms with van der Waals surface area (Å²) in [7, 11) is 0. The van der Waals surface area contributed by atoms with Gasteiger partial charge in [0.1, 0.15) is 0 Å². The van der Waals surface area contributed by atoms with Gasteiger partial charge in [0.25, 0.3) is 0 Å². The molecule has 2 N–H and O–H groups in total. The molecule has 2 heteroatoms. The molecular weight excluding hydrogens is 374 g/mol. The molecule has 1 aromatic rings. The minimum atomic E-state index is 0. The summed E-state index contributed by atoms with van der Waals surface area (Å²) in [6.07, 6.45) is 22.6. The van der Waals surface area contributed by atoms with Crippen LogP contribution in [0.15, 0.2) is 30.3 Å². The van der Waals surface area contributed by atoms with Crippen LogP contribution in [0.1, 0.15) is 135 Å².